The van der Waals surface area contributed by atoms with E-state index in [0.29, 0.717) is 23.7 Å². The minimum atomic E-state index is -1.02. The lowest BCUT2D eigenvalue weighted by molar-refractivity contribution is -0.146. The van der Waals surface area contributed by atoms with Crippen molar-refractivity contribution in [2.75, 3.05) is 13.1 Å². The van der Waals surface area contributed by atoms with Crippen LogP contribution < -0.4 is 11.2 Å². The lowest BCUT2D eigenvalue weighted by Gasteiger charge is -2.33. The second kappa shape index (κ2) is 8.59. The number of rotatable bonds is 5. The Morgan fingerprint density at radius 3 is 2.32 bits per heavy atom. The SMILES string of the molecule is O=C(O)C1CCN(C(=O)[C@@H](Cc2ccccc2)n2c(=O)[nH]c3ccccc3c2=O)CC1. The van der Waals surface area contributed by atoms with Gasteiger partial charge in [0.05, 0.1) is 16.8 Å². The highest BCUT2D eigenvalue weighted by Crippen LogP contribution is 2.22. The Hall–Kier alpha value is -3.68. The molecule has 8 heteroatoms. The predicted molar refractivity (Wildman–Crippen MR) is 115 cm³/mol. The van der Waals surface area contributed by atoms with Gasteiger partial charge in [0.1, 0.15) is 6.04 Å². The van der Waals surface area contributed by atoms with Crippen molar-refractivity contribution in [3.63, 3.8) is 0 Å². The van der Waals surface area contributed by atoms with E-state index in [2.05, 4.69) is 4.98 Å². The van der Waals surface area contributed by atoms with Gasteiger partial charge in [0.25, 0.3) is 5.56 Å². The number of carbonyl (C=O) groups excluding carboxylic acids is 1. The number of hydrogen-bond donors (Lipinski definition) is 2. The monoisotopic (exact) mass is 421 g/mol. The van der Waals surface area contributed by atoms with E-state index in [1.165, 1.54) is 0 Å². The number of aliphatic carboxylic acids is 1. The van der Waals surface area contributed by atoms with E-state index in [9.17, 15) is 24.3 Å². The summed E-state index contributed by atoms with van der Waals surface area (Å²) in [6.07, 6.45) is 0.879. The van der Waals surface area contributed by atoms with Gasteiger partial charge in [-0.2, -0.15) is 0 Å². The molecule has 0 spiro atoms. The van der Waals surface area contributed by atoms with Crippen LogP contribution in [0.1, 0.15) is 24.4 Å². The fourth-order valence-corrected chi connectivity index (χ4v) is 4.14. The number of aromatic nitrogens is 2. The fraction of sp³-hybridized carbons (Fsp3) is 0.304. The summed E-state index contributed by atoms with van der Waals surface area (Å²) in [5.74, 6) is -1.70. The van der Waals surface area contributed by atoms with E-state index in [0.717, 1.165) is 10.1 Å². The van der Waals surface area contributed by atoms with Gasteiger partial charge in [-0.05, 0) is 30.5 Å². The number of carbonyl (C=O) groups is 2. The Morgan fingerprint density at radius 1 is 1.00 bits per heavy atom. The number of nitrogens with zero attached hydrogens (tertiary/aromatic N) is 2. The predicted octanol–water partition coefficient (Wildman–Crippen LogP) is 1.80. The highest BCUT2D eigenvalue weighted by atomic mass is 16.4. The van der Waals surface area contributed by atoms with Crippen molar-refractivity contribution in [1.82, 2.24) is 14.5 Å². The number of amides is 1. The molecule has 4 rings (SSSR count). The van der Waals surface area contributed by atoms with Gasteiger partial charge in [0, 0.05) is 19.5 Å². The van der Waals surface area contributed by atoms with Gasteiger partial charge in [-0.15, -0.1) is 0 Å². The number of fused-ring (bicyclic) bond motifs is 1. The first kappa shape index (κ1) is 20.6. The molecule has 2 heterocycles. The van der Waals surface area contributed by atoms with Crippen LogP contribution in [0.15, 0.2) is 64.2 Å². The van der Waals surface area contributed by atoms with Crippen LogP contribution in [-0.2, 0) is 16.0 Å². The summed E-state index contributed by atoms with van der Waals surface area (Å²) >= 11 is 0. The van der Waals surface area contributed by atoms with E-state index in [4.69, 9.17) is 0 Å². The van der Waals surface area contributed by atoms with Gasteiger partial charge >= 0.3 is 11.7 Å². The zero-order chi connectivity index (χ0) is 22.0. The number of aromatic amines is 1. The quantitative estimate of drug-likeness (QED) is 0.652. The molecule has 2 aromatic carbocycles. The molecule has 1 aromatic heterocycles. The summed E-state index contributed by atoms with van der Waals surface area (Å²) in [6.45, 7) is 0.558. The van der Waals surface area contributed by atoms with E-state index < -0.39 is 29.2 Å². The van der Waals surface area contributed by atoms with Crippen molar-refractivity contribution < 1.29 is 14.7 Å². The first-order chi connectivity index (χ1) is 15.0. The number of carboxylic acids is 1. The number of piperidine rings is 1. The summed E-state index contributed by atoms with van der Waals surface area (Å²) in [6, 6.07) is 14.9. The molecular weight excluding hydrogens is 398 g/mol. The zero-order valence-corrected chi connectivity index (χ0v) is 16.9. The average Bonchev–Trinajstić information content (AvgIpc) is 2.78. The largest absolute Gasteiger partial charge is 0.481 e. The van der Waals surface area contributed by atoms with Crippen molar-refractivity contribution in [3.8, 4) is 0 Å². The molecule has 0 saturated carbocycles. The second-order valence-electron chi connectivity index (χ2n) is 7.79. The molecule has 0 aliphatic carbocycles. The van der Waals surface area contributed by atoms with Crippen LogP contribution in [0, 0.1) is 5.92 Å². The van der Waals surface area contributed by atoms with Gasteiger partial charge in [-0.25, -0.2) is 9.36 Å². The van der Waals surface area contributed by atoms with Crippen LogP contribution in [0.5, 0.6) is 0 Å². The van der Waals surface area contributed by atoms with E-state index in [1.54, 1.807) is 29.2 Å². The van der Waals surface area contributed by atoms with Crippen LogP contribution in [0.2, 0.25) is 0 Å². The molecule has 0 radical (unpaired) electrons. The highest BCUT2D eigenvalue weighted by Gasteiger charge is 2.33. The summed E-state index contributed by atoms with van der Waals surface area (Å²) in [5, 5.41) is 9.56. The molecule has 1 atom stereocenters. The number of carboxylic acid groups (broad SMARTS) is 1. The smallest absolute Gasteiger partial charge is 0.329 e. The Morgan fingerprint density at radius 2 is 1.65 bits per heavy atom. The normalized spacial score (nSPS) is 15.7. The maximum absolute atomic E-state index is 13.5. The number of nitrogens with one attached hydrogen (secondary N) is 1. The number of likely N-dealkylation sites (tertiary alicyclic amines) is 1. The molecule has 3 aromatic rings. The molecule has 1 amide bonds. The van der Waals surface area contributed by atoms with Crippen molar-refractivity contribution in [1.29, 1.82) is 0 Å². The third-order valence-electron chi connectivity index (χ3n) is 5.86. The molecule has 0 unspecified atom stereocenters. The Bertz CT molecular complexity index is 1220. The fourth-order valence-electron chi connectivity index (χ4n) is 4.14. The van der Waals surface area contributed by atoms with Crippen LogP contribution in [0.4, 0.5) is 0 Å². The van der Waals surface area contributed by atoms with Crippen molar-refractivity contribution in [2.45, 2.75) is 25.3 Å². The minimum absolute atomic E-state index is 0.180. The Labute approximate surface area is 177 Å². The van der Waals surface area contributed by atoms with Crippen molar-refractivity contribution in [3.05, 3.63) is 81.0 Å². The van der Waals surface area contributed by atoms with Crippen LogP contribution in [0.3, 0.4) is 0 Å². The van der Waals surface area contributed by atoms with Gasteiger partial charge in [0.2, 0.25) is 5.91 Å². The lowest BCUT2D eigenvalue weighted by atomic mass is 9.96. The van der Waals surface area contributed by atoms with Crippen molar-refractivity contribution in [2.24, 2.45) is 5.92 Å². The lowest BCUT2D eigenvalue weighted by Crippen LogP contribution is -2.49. The number of para-hydroxylation sites is 1. The Balaban J connectivity index is 1.75. The van der Waals surface area contributed by atoms with Crippen LogP contribution in [0.25, 0.3) is 10.9 Å². The van der Waals surface area contributed by atoms with Crippen LogP contribution >= 0.6 is 0 Å². The van der Waals surface area contributed by atoms with Gasteiger partial charge in [0.15, 0.2) is 0 Å². The molecule has 2 N–H and O–H groups in total. The summed E-state index contributed by atoms with van der Waals surface area (Å²) in [7, 11) is 0. The Kier molecular flexibility index (Phi) is 5.70. The topological polar surface area (TPSA) is 112 Å². The number of benzene rings is 2. The molecule has 1 saturated heterocycles. The third kappa shape index (κ3) is 4.14. The maximum Gasteiger partial charge on any atom is 0.329 e. The molecule has 1 aliphatic rings. The van der Waals surface area contributed by atoms with E-state index in [-0.39, 0.29) is 25.4 Å². The second-order valence-corrected chi connectivity index (χ2v) is 7.79. The zero-order valence-electron chi connectivity index (χ0n) is 16.9. The molecule has 8 nitrogen and oxygen atoms in total. The van der Waals surface area contributed by atoms with Gasteiger partial charge in [-0.1, -0.05) is 42.5 Å². The molecule has 31 heavy (non-hydrogen) atoms. The summed E-state index contributed by atoms with van der Waals surface area (Å²) in [5.41, 5.74) is 0.0788. The minimum Gasteiger partial charge on any atom is -0.481 e. The van der Waals surface area contributed by atoms with Gasteiger partial charge in [-0.3, -0.25) is 14.4 Å². The number of H-pyrrole nitrogens is 1. The van der Waals surface area contributed by atoms with E-state index in [1.807, 2.05) is 30.3 Å². The highest BCUT2D eigenvalue weighted by molar-refractivity contribution is 5.82. The van der Waals surface area contributed by atoms with Gasteiger partial charge < -0.3 is 15.0 Å². The molecular formula is C23H23N3O5. The summed E-state index contributed by atoms with van der Waals surface area (Å²) < 4.78 is 1.00. The summed E-state index contributed by atoms with van der Waals surface area (Å²) in [4.78, 5) is 55.1. The average molecular weight is 421 g/mol. The van der Waals surface area contributed by atoms with E-state index >= 15 is 0 Å². The first-order valence-corrected chi connectivity index (χ1v) is 10.2. The number of hydrogen-bond acceptors (Lipinski definition) is 4. The first-order valence-electron chi connectivity index (χ1n) is 10.2. The molecule has 160 valence electrons. The molecule has 1 aliphatic heterocycles. The maximum atomic E-state index is 13.5. The molecule has 1 fully saturated rings. The van der Waals surface area contributed by atoms with Crippen LogP contribution in [-0.4, -0.2) is 44.5 Å². The molecule has 0 bridgehead atoms. The third-order valence-corrected chi connectivity index (χ3v) is 5.86. The standard InChI is InChI=1S/C23H23N3O5/c27-20-17-8-4-5-9-18(17)24-23(31)26(20)19(14-15-6-2-1-3-7-15)21(28)25-12-10-16(11-13-25)22(29)30/h1-9,16,19H,10-14H2,(H,24,31)(H,29,30)/t19-/m1/s1. The van der Waals surface area contributed by atoms with Crippen molar-refractivity contribution >= 4 is 22.8 Å².